The smallest absolute Gasteiger partial charge is 0.403 e. The topological polar surface area (TPSA) is 155 Å². The maximum atomic E-state index is 13.3. The Bertz CT molecular complexity index is 1200. The summed E-state index contributed by atoms with van der Waals surface area (Å²) in [6, 6.07) is 3.25. The first kappa shape index (κ1) is 28.5. The highest BCUT2D eigenvalue weighted by Crippen LogP contribution is 2.31. The first-order chi connectivity index (χ1) is 18.1. The summed E-state index contributed by atoms with van der Waals surface area (Å²) in [7, 11) is 0. The van der Waals surface area contributed by atoms with Gasteiger partial charge in [-0.05, 0) is 67.2 Å². The lowest BCUT2D eigenvalue weighted by Crippen LogP contribution is -2.46. The van der Waals surface area contributed by atoms with E-state index < -0.39 is 11.7 Å². The second kappa shape index (κ2) is 12.9. The number of aromatic nitrogens is 4. The highest BCUT2D eigenvalue weighted by Gasteiger charge is 2.31. The molecule has 0 saturated carbocycles. The molecule has 0 aliphatic carbocycles. The van der Waals surface area contributed by atoms with E-state index in [1.807, 2.05) is 0 Å². The van der Waals surface area contributed by atoms with E-state index in [1.54, 1.807) is 11.8 Å². The number of nitrogens with two attached hydrogens (primary N) is 1. The quantitative estimate of drug-likeness (QED) is 0.315. The Kier molecular flexibility index (Phi) is 9.68. The molecule has 204 valence electrons. The minimum absolute atomic E-state index is 0.0363. The summed E-state index contributed by atoms with van der Waals surface area (Å²) < 4.78 is 39.8. The minimum Gasteiger partial charge on any atom is -0.403 e. The number of benzene rings is 1. The molecule has 1 aromatic heterocycles. The summed E-state index contributed by atoms with van der Waals surface area (Å²) >= 11 is 0. The molecule has 2 amide bonds. The van der Waals surface area contributed by atoms with E-state index in [0.29, 0.717) is 61.4 Å². The van der Waals surface area contributed by atoms with E-state index in [1.165, 1.54) is 29.2 Å². The Morgan fingerprint density at radius 2 is 2.00 bits per heavy atom. The molecule has 0 unspecified atom stereocenters. The van der Waals surface area contributed by atoms with Crippen LogP contribution < -0.4 is 11.1 Å². The number of nitrogens with zero attached hydrogens (tertiary/aromatic N) is 6. The van der Waals surface area contributed by atoms with Crippen molar-refractivity contribution in [3.05, 3.63) is 58.7 Å². The lowest BCUT2D eigenvalue weighted by molar-refractivity contribution is -0.137. The van der Waals surface area contributed by atoms with E-state index in [2.05, 4.69) is 25.8 Å². The molecule has 0 atom stereocenters. The van der Waals surface area contributed by atoms with Gasteiger partial charge in [-0.2, -0.15) is 23.1 Å². The van der Waals surface area contributed by atoms with Crippen LogP contribution in [0.2, 0.25) is 0 Å². The van der Waals surface area contributed by atoms with Crippen LogP contribution in [0.15, 0.2) is 41.3 Å². The van der Waals surface area contributed by atoms with Gasteiger partial charge in [0.15, 0.2) is 5.82 Å². The van der Waals surface area contributed by atoms with Crippen LogP contribution in [0, 0.1) is 12.5 Å². The van der Waals surface area contributed by atoms with Crippen molar-refractivity contribution >= 4 is 17.9 Å². The molecule has 38 heavy (non-hydrogen) atoms. The summed E-state index contributed by atoms with van der Waals surface area (Å²) in [5.41, 5.74) is 12.7. The second-order valence-electron chi connectivity index (χ2n) is 8.90. The van der Waals surface area contributed by atoms with Gasteiger partial charge in [0, 0.05) is 37.8 Å². The van der Waals surface area contributed by atoms with Gasteiger partial charge in [0.2, 0.25) is 11.8 Å². The van der Waals surface area contributed by atoms with Gasteiger partial charge in [0.25, 0.3) is 0 Å². The maximum absolute atomic E-state index is 13.3. The van der Waals surface area contributed by atoms with Gasteiger partial charge in [-0.25, -0.2) is 5.53 Å². The number of nitrogens with one attached hydrogen (secondary N) is 2. The number of amides is 2. The number of tetrazole rings is 1. The van der Waals surface area contributed by atoms with Gasteiger partial charge in [-0.15, -0.1) is 10.2 Å². The molecule has 1 saturated heterocycles. The number of carbonyl (C=O) groups is 2. The average molecular weight is 534 g/mol. The fourth-order valence-corrected chi connectivity index (χ4v) is 4.04. The average Bonchev–Trinajstić information content (AvgIpc) is 3.29. The molecule has 1 aliphatic heterocycles. The maximum Gasteiger partial charge on any atom is 0.416 e. The van der Waals surface area contributed by atoms with Gasteiger partial charge in [-0.3, -0.25) is 9.59 Å². The van der Waals surface area contributed by atoms with Crippen molar-refractivity contribution in [2.45, 2.75) is 57.8 Å². The van der Waals surface area contributed by atoms with Crippen molar-refractivity contribution < 1.29 is 22.8 Å². The van der Waals surface area contributed by atoms with E-state index in [4.69, 9.17) is 11.3 Å². The zero-order valence-electron chi connectivity index (χ0n) is 20.9. The molecular weight excluding hydrogens is 503 g/mol. The molecule has 2 heterocycles. The number of piperidine rings is 1. The van der Waals surface area contributed by atoms with Crippen molar-refractivity contribution in [1.29, 1.82) is 5.53 Å². The predicted molar refractivity (Wildman–Crippen MR) is 131 cm³/mol. The van der Waals surface area contributed by atoms with Gasteiger partial charge in [0.05, 0.1) is 17.8 Å². The number of hydrogen-bond acceptors (Lipinski definition) is 8. The van der Waals surface area contributed by atoms with Crippen LogP contribution >= 0.6 is 0 Å². The molecule has 11 nitrogen and oxygen atoms in total. The highest BCUT2D eigenvalue weighted by atomic mass is 19.4. The van der Waals surface area contributed by atoms with Crippen LogP contribution in [-0.4, -0.2) is 56.1 Å². The SMILES string of the molecule is Cc1nnn(Cc2cc(C(F)(F)F)ccc2/C=C/C(=O)N2CCC(NC(=O)CCC/C(=C/N)N=N)CC2)n1. The molecule has 0 radical (unpaired) electrons. The van der Waals surface area contributed by atoms with Crippen LogP contribution in [0.5, 0.6) is 0 Å². The number of halogens is 3. The molecule has 1 fully saturated rings. The number of allylic oxidation sites excluding steroid dienone is 1. The first-order valence-electron chi connectivity index (χ1n) is 12.1. The van der Waals surface area contributed by atoms with Gasteiger partial charge in [0.1, 0.15) is 0 Å². The second-order valence-corrected chi connectivity index (χ2v) is 8.90. The van der Waals surface area contributed by atoms with Crippen LogP contribution in [0.1, 0.15) is 54.6 Å². The lowest BCUT2D eigenvalue weighted by Gasteiger charge is -2.31. The van der Waals surface area contributed by atoms with Crippen molar-refractivity contribution in [3.8, 4) is 0 Å². The molecule has 0 bridgehead atoms. The van der Waals surface area contributed by atoms with Crippen LogP contribution in [-0.2, 0) is 22.3 Å². The summed E-state index contributed by atoms with van der Waals surface area (Å²) in [5.74, 6) is 0.0142. The summed E-state index contributed by atoms with van der Waals surface area (Å²) in [6.45, 7) is 2.46. The lowest BCUT2D eigenvalue weighted by atomic mass is 10.0. The summed E-state index contributed by atoms with van der Waals surface area (Å²) in [6.07, 6.45) is 2.00. The third-order valence-corrected chi connectivity index (χ3v) is 6.08. The normalized spacial score (nSPS) is 15.2. The fourth-order valence-electron chi connectivity index (χ4n) is 4.04. The Morgan fingerprint density at radius 1 is 1.26 bits per heavy atom. The molecule has 1 aliphatic rings. The molecular formula is C24H30F3N9O2. The van der Waals surface area contributed by atoms with Crippen molar-refractivity contribution in [2.24, 2.45) is 10.8 Å². The van der Waals surface area contributed by atoms with Gasteiger partial charge in [-0.1, -0.05) is 6.07 Å². The number of rotatable bonds is 10. The number of carbonyl (C=O) groups excluding carboxylic acids is 2. The van der Waals surface area contributed by atoms with Crippen LogP contribution in [0.3, 0.4) is 0 Å². The van der Waals surface area contributed by atoms with E-state index >= 15 is 0 Å². The summed E-state index contributed by atoms with van der Waals surface area (Å²) in [4.78, 5) is 27.8. The monoisotopic (exact) mass is 533 g/mol. The van der Waals surface area contributed by atoms with Crippen molar-refractivity contribution in [2.75, 3.05) is 13.1 Å². The van der Waals surface area contributed by atoms with Crippen LogP contribution in [0.25, 0.3) is 6.08 Å². The highest BCUT2D eigenvalue weighted by molar-refractivity contribution is 5.92. The zero-order valence-corrected chi connectivity index (χ0v) is 20.9. The van der Waals surface area contributed by atoms with Crippen molar-refractivity contribution in [1.82, 2.24) is 30.4 Å². The Hall–Kier alpha value is -4.10. The number of aryl methyl sites for hydroxylation is 1. The number of alkyl halides is 3. The first-order valence-corrected chi connectivity index (χ1v) is 12.1. The number of likely N-dealkylation sites (tertiary alicyclic amines) is 1. The Morgan fingerprint density at radius 3 is 2.61 bits per heavy atom. The summed E-state index contributed by atoms with van der Waals surface area (Å²) in [5, 5.41) is 17.8. The minimum atomic E-state index is -4.51. The number of hydrogen-bond donors (Lipinski definition) is 3. The van der Waals surface area contributed by atoms with E-state index in [9.17, 15) is 22.8 Å². The van der Waals surface area contributed by atoms with Gasteiger partial charge >= 0.3 is 6.18 Å². The van der Waals surface area contributed by atoms with Crippen molar-refractivity contribution in [3.63, 3.8) is 0 Å². The molecule has 1 aromatic carbocycles. The third kappa shape index (κ3) is 8.21. The Labute approximate surface area is 217 Å². The largest absolute Gasteiger partial charge is 0.416 e. The van der Waals surface area contributed by atoms with E-state index in [-0.39, 0.29) is 30.8 Å². The van der Waals surface area contributed by atoms with Gasteiger partial charge < -0.3 is 16.0 Å². The predicted octanol–water partition coefficient (Wildman–Crippen LogP) is 3.17. The standard InChI is InChI=1S/C24H30F3N9O2/c1-16-32-34-36(33-16)15-18-13-19(24(25,26)27)7-5-17(18)6-8-23(38)35-11-9-20(10-12-35)30-22(37)4-2-3-21(14-28)31-29/h5-8,13-14,20,29H,2-4,9-12,15,28H2,1H3,(H,30,37)/b8-6+,21-14-,31-29?. The molecule has 14 heteroatoms. The zero-order chi connectivity index (χ0) is 27.7. The molecule has 0 spiro atoms. The Balaban J connectivity index is 1.56. The third-order valence-electron chi connectivity index (χ3n) is 6.08. The van der Waals surface area contributed by atoms with Crippen LogP contribution in [0.4, 0.5) is 13.2 Å². The molecule has 2 aromatic rings. The molecule has 4 N–H and O–H groups in total. The fraction of sp³-hybridized carbons (Fsp3) is 0.458. The molecule has 3 rings (SSSR count). The van der Waals surface area contributed by atoms with E-state index in [0.717, 1.165) is 12.1 Å².